The molecule has 4 heteroatoms. The second kappa shape index (κ2) is 6.48. The Morgan fingerprint density at radius 2 is 1.69 bits per heavy atom. The highest BCUT2D eigenvalue weighted by atomic mass is 16.7. The predicted octanol–water partition coefficient (Wildman–Crippen LogP) is 1.18. The predicted molar refractivity (Wildman–Crippen MR) is 61.9 cm³/mol. The maximum atomic E-state index is 8.62. The van der Waals surface area contributed by atoms with E-state index >= 15 is 0 Å². The fraction of sp³-hybridized carbons (Fsp3) is 0.500. The van der Waals surface area contributed by atoms with Crippen molar-refractivity contribution in [3.05, 3.63) is 29.8 Å². The molecule has 0 saturated carbocycles. The summed E-state index contributed by atoms with van der Waals surface area (Å²) in [5.74, 6) is 0.457. The van der Waals surface area contributed by atoms with Gasteiger partial charge in [0.25, 0.3) is 0 Å². The zero-order chi connectivity index (χ0) is 12.0. The van der Waals surface area contributed by atoms with Crippen LogP contribution in [0.15, 0.2) is 24.3 Å². The molecule has 1 rings (SSSR count). The molecule has 0 atom stereocenters. The monoisotopic (exact) mass is 225 g/mol. The normalized spacial score (nSPS) is 11.1. The summed E-state index contributed by atoms with van der Waals surface area (Å²) in [6, 6.07) is 7.32. The molecule has 0 spiro atoms. The van der Waals surface area contributed by atoms with Crippen LogP contribution in [0.4, 0.5) is 0 Å². The zero-order valence-corrected chi connectivity index (χ0v) is 9.76. The van der Waals surface area contributed by atoms with Crippen molar-refractivity contribution in [3.63, 3.8) is 0 Å². The molecule has 0 aliphatic rings. The Bertz CT molecular complexity index is 294. The molecule has 1 aromatic rings. The Morgan fingerprint density at radius 1 is 1.12 bits per heavy atom. The van der Waals surface area contributed by atoms with Crippen LogP contribution in [0.1, 0.15) is 19.4 Å². The zero-order valence-electron chi connectivity index (χ0n) is 9.76. The van der Waals surface area contributed by atoms with Gasteiger partial charge >= 0.3 is 6.48 Å². The summed E-state index contributed by atoms with van der Waals surface area (Å²) in [5.41, 5.74) is 1.18. The number of hydrogen-bond acceptors (Lipinski definition) is 4. The minimum Gasteiger partial charge on any atom is -0.442 e. The number of rotatable bonds is 6. The molecule has 0 radical (unpaired) electrons. The van der Waals surface area contributed by atoms with E-state index < -0.39 is 6.48 Å². The third-order valence-corrected chi connectivity index (χ3v) is 2.47. The second-order valence-corrected chi connectivity index (χ2v) is 3.55. The molecule has 0 fully saturated rings. The van der Waals surface area contributed by atoms with Crippen LogP contribution in [0.3, 0.4) is 0 Å². The van der Waals surface area contributed by atoms with Crippen molar-refractivity contribution in [3.8, 4) is 5.75 Å². The highest BCUT2D eigenvalue weighted by molar-refractivity contribution is 5.27. The van der Waals surface area contributed by atoms with Crippen LogP contribution >= 0.6 is 0 Å². The average molecular weight is 225 g/mol. The Hall–Kier alpha value is -1.10. The smallest absolute Gasteiger partial charge is 0.310 e. The summed E-state index contributed by atoms with van der Waals surface area (Å²) >= 11 is 0. The van der Waals surface area contributed by atoms with Crippen LogP contribution in [0.25, 0.3) is 0 Å². The van der Waals surface area contributed by atoms with E-state index in [9.17, 15) is 0 Å². The molecule has 90 valence electrons. The summed E-state index contributed by atoms with van der Waals surface area (Å²) in [6.07, 6.45) is 0. The second-order valence-electron chi connectivity index (χ2n) is 3.55. The van der Waals surface area contributed by atoms with Gasteiger partial charge in [-0.25, -0.2) is 0 Å². The molecular weight excluding hydrogens is 206 g/mol. The largest absolute Gasteiger partial charge is 0.442 e. The van der Waals surface area contributed by atoms with Crippen LogP contribution in [-0.4, -0.2) is 34.7 Å². The van der Waals surface area contributed by atoms with Crippen molar-refractivity contribution in [2.75, 3.05) is 13.1 Å². The lowest BCUT2D eigenvalue weighted by atomic mass is 10.2. The van der Waals surface area contributed by atoms with Crippen molar-refractivity contribution in [1.29, 1.82) is 0 Å². The SMILES string of the molecule is CCN(CC)Cc1ccc(OC(O)O)cc1. The van der Waals surface area contributed by atoms with Crippen LogP contribution < -0.4 is 4.74 Å². The maximum Gasteiger partial charge on any atom is 0.310 e. The van der Waals surface area contributed by atoms with Crippen molar-refractivity contribution in [2.45, 2.75) is 26.9 Å². The van der Waals surface area contributed by atoms with Gasteiger partial charge in [-0.3, -0.25) is 4.90 Å². The fourth-order valence-corrected chi connectivity index (χ4v) is 1.50. The Morgan fingerprint density at radius 3 is 2.12 bits per heavy atom. The van der Waals surface area contributed by atoms with E-state index in [0.29, 0.717) is 5.75 Å². The molecule has 4 nitrogen and oxygen atoms in total. The molecular formula is C12H19NO3. The molecule has 1 aromatic carbocycles. The van der Waals surface area contributed by atoms with Gasteiger partial charge in [-0.1, -0.05) is 26.0 Å². The standard InChI is InChI=1S/C12H19NO3/c1-3-13(4-2)9-10-5-7-11(8-6-10)16-12(14)15/h5-8,12,14-15H,3-4,9H2,1-2H3. The van der Waals surface area contributed by atoms with Gasteiger partial charge in [0.05, 0.1) is 0 Å². The lowest BCUT2D eigenvalue weighted by molar-refractivity contribution is -0.179. The number of aliphatic hydroxyl groups is 2. The summed E-state index contributed by atoms with van der Waals surface area (Å²) in [7, 11) is 0. The van der Waals surface area contributed by atoms with Gasteiger partial charge < -0.3 is 14.9 Å². The highest BCUT2D eigenvalue weighted by Gasteiger charge is 2.03. The average Bonchev–Trinajstić information content (AvgIpc) is 2.27. The number of ether oxygens (including phenoxy) is 1. The van der Waals surface area contributed by atoms with E-state index in [2.05, 4.69) is 18.7 Å². The van der Waals surface area contributed by atoms with Crippen molar-refractivity contribution in [2.24, 2.45) is 0 Å². The molecule has 16 heavy (non-hydrogen) atoms. The van der Waals surface area contributed by atoms with Gasteiger partial charge in [0.1, 0.15) is 5.75 Å². The van der Waals surface area contributed by atoms with Crippen LogP contribution in [-0.2, 0) is 6.54 Å². The van der Waals surface area contributed by atoms with Gasteiger partial charge in [0.15, 0.2) is 0 Å². The van der Waals surface area contributed by atoms with E-state index in [-0.39, 0.29) is 0 Å². The first-order chi connectivity index (χ1) is 7.65. The molecule has 0 heterocycles. The van der Waals surface area contributed by atoms with Crippen LogP contribution in [0.5, 0.6) is 5.75 Å². The minimum atomic E-state index is -1.76. The van der Waals surface area contributed by atoms with Gasteiger partial charge in [-0.2, -0.15) is 0 Å². The van der Waals surface area contributed by atoms with Gasteiger partial charge in [0.2, 0.25) is 0 Å². The third kappa shape index (κ3) is 4.18. The number of benzene rings is 1. The quantitative estimate of drug-likeness (QED) is 0.714. The van der Waals surface area contributed by atoms with Gasteiger partial charge in [-0.15, -0.1) is 0 Å². The minimum absolute atomic E-state index is 0.457. The van der Waals surface area contributed by atoms with Crippen molar-refractivity contribution in [1.82, 2.24) is 4.90 Å². The number of nitrogens with zero attached hydrogens (tertiary/aromatic N) is 1. The van der Waals surface area contributed by atoms with Gasteiger partial charge in [0, 0.05) is 6.54 Å². The molecule has 0 aliphatic heterocycles. The fourth-order valence-electron chi connectivity index (χ4n) is 1.50. The maximum absolute atomic E-state index is 8.62. The molecule has 0 aliphatic carbocycles. The molecule has 0 saturated heterocycles. The molecule has 0 aromatic heterocycles. The van der Waals surface area contributed by atoms with E-state index in [0.717, 1.165) is 19.6 Å². The van der Waals surface area contributed by atoms with E-state index in [1.165, 1.54) is 5.56 Å². The lowest BCUT2D eigenvalue weighted by Crippen LogP contribution is -2.22. The van der Waals surface area contributed by atoms with Gasteiger partial charge in [-0.05, 0) is 30.8 Å². The Balaban J connectivity index is 2.57. The summed E-state index contributed by atoms with van der Waals surface area (Å²) in [4.78, 5) is 2.30. The highest BCUT2D eigenvalue weighted by Crippen LogP contribution is 2.14. The first kappa shape index (κ1) is 13.0. The summed E-state index contributed by atoms with van der Waals surface area (Å²) in [5, 5.41) is 17.2. The van der Waals surface area contributed by atoms with Crippen LogP contribution in [0.2, 0.25) is 0 Å². The number of hydrogen-bond donors (Lipinski definition) is 2. The summed E-state index contributed by atoms with van der Waals surface area (Å²) < 4.78 is 4.72. The van der Waals surface area contributed by atoms with Crippen molar-refractivity contribution < 1.29 is 14.9 Å². The first-order valence-electron chi connectivity index (χ1n) is 5.49. The first-order valence-corrected chi connectivity index (χ1v) is 5.49. The molecule has 2 N–H and O–H groups in total. The molecule has 0 bridgehead atoms. The van der Waals surface area contributed by atoms with Crippen LogP contribution in [0, 0.1) is 0 Å². The molecule has 0 amide bonds. The third-order valence-electron chi connectivity index (χ3n) is 2.47. The van der Waals surface area contributed by atoms with Crippen molar-refractivity contribution >= 4 is 0 Å². The topological polar surface area (TPSA) is 52.9 Å². The summed E-state index contributed by atoms with van der Waals surface area (Å²) in [6.45, 7) is 5.43. The lowest BCUT2D eigenvalue weighted by Gasteiger charge is -2.18. The van der Waals surface area contributed by atoms with E-state index in [4.69, 9.17) is 14.9 Å². The van der Waals surface area contributed by atoms with E-state index in [1.54, 1.807) is 12.1 Å². The molecule has 0 unspecified atom stereocenters. The Labute approximate surface area is 96.1 Å². The number of aliphatic hydroxyl groups excluding tert-OH is 1. The van der Waals surface area contributed by atoms with E-state index in [1.807, 2.05) is 12.1 Å². The Kier molecular flexibility index (Phi) is 5.25.